The molecule has 0 spiro atoms. The van der Waals surface area contributed by atoms with Gasteiger partial charge < -0.3 is 19.9 Å². The maximum atomic E-state index is 13.0. The van der Waals surface area contributed by atoms with Crippen molar-refractivity contribution < 1.29 is 23.0 Å². The summed E-state index contributed by atoms with van der Waals surface area (Å²) in [5.41, 5.74) is 8.10. The third-order valence-electron chi connectivity index (χ3n) is 4.28. The normalized spacial score (nSPS) is 15.0. The quantitative estimate of drug-likeness (QED) is 0.774. The Morgan fingerprint density at radius 2 is 2.04 bits per heavy atom. The summed E-state index contributed by atoms with van der Waals surface area (Å²) in [5.74, 6) is 0.712. The maximum absolute atomic E-state index is 13.0. The minimum Gasteiger partial charge on any atom is -0.488 e. The molecule has 1 aromatic carbocycles. The van der Waals surface area contributed by atoms with E-state index in [1.807, 2.05) is 13.0 Å². The van der Waals surface area contributed by atoms with Crippen LogP contribution in [0, 0.1) is 5.92 Å². The Hall–Kier alpha value is -2.41. The minimum atomic E-state index is -3.00. The summed E-state index contributed by atoms with van der Waals surface area (Å²) in [5, 5.41) is 0. The summed E-state index contributed by atoms with van der Waals surface area (Å²) < 4.78 is 42.3. The molecule has 0 saturated heterocycles. The summed E-state index contributed by atoms with van der Waals surface area (Å²) in [7, 11) is 0. The largest absolute Gasteiger partial charge is 0.488 e. The number of fused-ring (bicyclic) bond motifs is 3. The monoisotopic (exact) mass is 378 g/mol. The molecule has 1 aromatic heterocycles. The molecule has 5 nitrogen and oxygen atoms in total. The van der Waals surface area contributed by atoms with Crippen molar-refractivity contribution in [2.24, 2.45) is 11.7 Å². The standard InChI is InChI=1S/C20H24F2N2O3/c1-12(2)8-20(3,23)11-26-16-5-4-15-14-6-7-24-9-13(14)10-25-17(15)18(16)27-19(21)22/h4-7,9,12,19H,8,10-11,23H2,1-3H3. The molecule has 0 bridgehead atoms. The molecule has 2 aromatic rings. The van der Waals surface area contributed by atoms with Crippen molar-refractivity contribution in [1.82, 2.24) is 4.98 Å². The van der Waals surface area contributed by atoms with E-state index >= 15 is 0 Å². The van der Waals surface area contributed by atoms with Gasteiger partial charge in [-0.1, -0.05) is 13.8 Å². The number of benzene rings is 1. The van der Waals surface area contributed by atoms with Crippen LogP contribution in [-0.4, -0.2) is 23.7 Å². The zero-order chi connectivity index (χ0) is 19.6. The van der Waals surface area contributed by atoms with Gasteiger partial charge in [0.25, 0.3) is 0 Å². The predicted molar refractivity (Wildman–Crippen MR) is 98.2 cm³/mol. The van der Waals surface area contributed by atoms with Gasteiger partial charge >= 0.3 is 6.61 Å². The number of ether oxygens (including phenoxy) is 3. The number of hydrogen-bond acceptors (Lipinski definition) is 5. The van der Waals surface area contributed by atoms with Crippen LogP contribution in [0.1, 0.15) is 32.8 Å². The van der Waals surface area contributed by atoms with Crippen molar-refractivity contribution in [3.05, 3.63) is 36.2 Å². The highest BCUT2D eigenvalue weighted by Gasteiger charge is 2.28. The molecular weight excluding hydrogens is 354 g/mol. The Morgan fingerprint density at radius 1 is 1.26 bits per heavy atom. The Bertz CT molecular complexity index is 810. The Balaban J connectivity index is 1.94. The molecule has 0 amide bonds. The van der Waals surface area contributed by atoms with Crippen LogP contribution in [0.3, 0.4) is 0 Å². The fraction of sp³-hybridized carbons (Fsp3) is 0.450. The molecule has 0 fully saturated rings. The van der Waals surface area contributed by atoms with Gasteiger partial charge in [0, 0.05) is 29.1 Å². The molecule has 1 unspecified atom stereocenters. The first-order valence-corrected chi connectivity index (χ1v) is 8.86. The molecule has 2 N–H and O–H groups in total. The predicted octanol–water partition coefficient (Wildman–Crippen LogP) is 4.38. The number of pyridine rings is 1. The second-order valence-electron chi connectivity index (χ2n) is 7.51. The lowest BCUT2D eigenvalue weighted by Crippen LogP contribution is -2.43. The van der Waals surface area contributed by atoms with Crippen LogP contribution in [-0.2, 0) is 6.61 Å². The first kappa shape index (κ1) is 19.4. The SMILES string of the molecule is CC(C)CC(C)(N)COc1ccc2c(c1OC(F)F)OCc1cnccc1-2. The summed E-state index contributed by atoms with van der Waals surface area (Å²) in [6.45, 7) is 3.40. The lowest BCUT2D eigenvalue weighted by molar-refractivity contribution is -0.0534. The minimum absolute atomic E-state index is 0.106. The van der Waals surface area contributed by atoms with Crippen molar-refractivity contribution >= 4 is 0 Å². The highest BCUT2D eigenvalue weighted by molar-refractivity contribution is 5.79. The van der Waals surface area contributed by atoms with Crippen LogP contribution in [0.25, 0.3) is 11.1 Å². The lowest BCUT2D eigenvalue weighted by atomic mass is 9.93. The summed E-state index contributed by atoms with van der Waals surface area (Å²) in [6, 6.07) is 5.21. The van der Waals surface area contributed by atoms with E-state index in [4.69, 9.17) is 19.9 Å². The van der Waals surface area contributed by atoms with Gasteiger partial charge in [-0.05, 0) is 43.0 Å². The molecule has 27 heavy (non-hydrogen) atoms. The van der Waals surface area contributed by atoms with Gasteiger partial charge in [-0.2, -0.15) is 8.78 Å². The smallest absolute Gasteiger partial charge is 0.387 e. The third-order valence-corrected chi connectivity index (χ3v) is 4.28. The van der Waals surface area contributed by atoms with Crippen LogP contribution in [0.5, 0.6) is 17.2 Å². The Kier molecular flexibility index (Phi) is 5.51. The summed E-state index contributed by atoms with van der Waals surface area (Å²) in [6.07, 6.45) is 4.08. The van der Waals surface area contributed by atoms with Crippen LogP contribution in [0.2, 0.25) is 0 Å². The molecule has 0 aliphatic carbocycles. The number of alkyl halides is 2. The van der Waals surface area contributed by atoms with Crippen molar-refractivity contribution in [3.8, 4) is 28.4 Å². The van der Waals surface area contributed by atoms with Crippen molar-refractivity contribution in [3.63, 3.8) is 0 Å². The second kappa shape index (κ2) is 7.68. The van der Waals surface area contributed by atoms with E-state index in [-0.39, 0.29) is 30.5 Å². The molecule has 2 heterocycles. The van der Waals surface area contributed by atoms with Crippen LogP contribution >= 0.6 is 0 Å². The zero-order valence-corrected chi connectivity index (χ0v) is 15.7. The molecule has 0 saturated carbocycles. The van der Waals surface area contributed by atoms with Gasteiger partial charge in [-0.25, -0.2) is 0 Å². The van der Waals surface area contributed by atoms with Crippen LogP contribution < -0.4 is 19.9 Å². The van der Waals surface area contributed by atoms with E-state index in [0.717, 1.165) is 17.5 Å². The second-order valence-corrected chi connectivity index (χ2v) is 7.51. The van der Waals surface area contributed by atoms with Crippen molar-refractivity contribution in [2.45, 2.75) is 45.9 Å². The molecule has 3 rings (SSSR count). The molecule has 7 heteroatoms. The van der Waals surface area contributed by atoms with Gasteiger partial charge in [0.15, 0.2) is 11.5 Å². The third kappa shape index (κ3) is 4.47. The molecule has 1 atom stereocenters. The first-order chi connectivity index (χ1) is 12.8. The van der Waals surface area contributed by atoms with E-state index in [1.54, 1.807) is 24.5 Å². The van der Waals surface area contributed by atoms with Gasteiger partial charge in [0.2, 0.25) is 5.75 Å². The zero-order valence-electron chi connectivity index (χ0n) is 15.7. The Labute approximate surface area is 157 Å². The number of nitrogens with zero attached hydrogens (tertiary/aromatic N) is 1. The fourth-order valence-electron chi connectivity index (χ4n) is 3.40. The number of aromatic nitrogens is 1. The van der Waals surface area contributed by atoms with Gasteiger partial charge in [-0.3, -0.25) is 4.98 Å². The molecule has 146 valence electrons. The number of halogens is 2. The van der Waals surface area contributed by atoms with E-state index in [0.29, 0.717) is 11.5 Å². The summed E-state index contributed by atoms with van der Waals surface area (Å²) >= 11 is 0. The molecule has 0 radical (unpaired) electrons. The van der Waals surface area contributed by atoms with E-state index in [2.05, 4.69) is 18.8 Å². The topological polar surface area (TPSA) is 66.6 Å². The van der Waals surface area contributed by atoms with E-state index < -0.39 is 12.2 Å². The molecule has 1 aliphatic rings. The maximum Gasteiger partial charge on any atom is 0.387 e. The highest BCUT2D eigenvalue weighted by Crippen LogP contribution is 2.48. The first-order valence-electron chi connectivity index (χ1n) is 8.86. The van der Waals surface area contributed by atoms with Gasteiger partial charge in [-0.15, -0.1) is 0 Å². The van der Waals surface area contributed by atoms with Crippen LogP contribution in [0.15, 0.2) is 30.6 Å². The molecule has 1 aliphatic heterocycles. The summed E-state index contributed by atoms with van der Waals surface area (Å²) in [4.78, 5) is 4.07. The number of rotatable bonds is 7. The highest BCUT2D eigenvalue weighted by atomic mass is 19.3. The van der Waals surface area contributed by atoms with Gasteiger partial charge in [0.05, 0.1) is 0 Å². The molecular formula is C20H24F2N2O3. The van der Waals surface area contributed by atoms with Crippen molar-refractivity contribution in [2.75, 3.05) is 6.61 Å². The van der Waals surface area contributed by atoms with E-state index in [1.165, 1.54) is 0 Å². The van der Waals surface area contributed by atoms with Gasteiger partial charge in [0.1, 0.15) is 13.2 Å². The van der Waals surface area contributed by atoms with Crippen LogP contribution in [0.4, 0.5) is 8.78 Å². The average Bonchev–Trinajstić information content (AvgIpc) is 2.59. The van der Waals surface area contributed by atoms with E-state index in [9.17, 15) is 8.78 Å². The number of hydrogen-bond donors (Lipinski definition) is 1. The Morgan fingerprint density at radius 3 is 2.74 bits per heavy atom. The number of nitrogens with two attached hydrogens (primary N) is 1. The average molecular weight is 378 g/mol. The fourth-order valence-corrected chi connectivity index (χ4v) is 3.40. The lowest BCUT2D eigenvalue weighted by Gasteiger charge is -2.28. The van der Waals surface area contributed by atoms with Crippen molar-refractivity contribution in [1.29, 1.82) is 0 Å².